The Hall–Kier alpha value is -3.80. The summed E-state index contributed by atoms with van der Waals surface area (Å²) in [4.78, 5) is 24.9. The summed E-state index contributed by atoms with van der Waals surface area (Å²) in [5, 5.41) is 12.5. The first kappa shape index (κ1) is 24.8. The molecule has 3 aromatic rings. The van der Waals surface area contributed by atoms with Crippen molar-refractivity contribution in [3.8, 4) is 11.5 Å². The lowest BCUT2D eigenvalue weighted by Gasteiger charge is -2.31. The minimum Gasteiger partial charge on any atom is -0.493 e. The molecule has 0 aliphatic carbocycles. The first-order valence-corrected chi connectivity index (χ1v) is 11.4. The van der Waals surface area contributed by atoms with Gasteiger partial charge in [0.15, 0.2) is 0 Å². The summed E-state index contributed by atoms with van der Waals surface area (Å²) in [6.07, 6.45) is 1.85. The van der Waals surface area contributed by atoms with Crippen LogP contribution in [0.25, 0.3) is 0 Å². The van der Waals surface area contributed by atoms with Gasteiger partial charge in [0.2, 0.25) is 0 Å². The first-order valence-electron chi connectivity index (χ1n) is 11.4. The molecule has 0 spiro atoms. The Bertz CT molecular complexity index is 1110. The van der Waals surface area contributed by atoms with Crippen molar-refractivity contribution in [1.82, 2.24) is 5.32 Å². The Labute approximate surface area is 200 Å². The van der Waals surface area contributed by atoms with Crippen molar-refractivity contribution in [2.75, 3.05) is 6.61 Å². The fourth-order valence-electron chi connectivity index (χ4n) is 3.61. The molecule has 0 radical (unpaired) electrons. The summed E-state index contributed by atoms with van der Waals surface area (Å²) in [5.74, 6) is -0.675. The average Bonchev–Trinajstić information content (AvgIpc) is 2.86. The molecule has 0 aliphatic rings. The van der Waals surface area contributed by atoms with Gasteiger partial charge in [-0.15, -0.1) is 0 Å². The summed E-state index contributed by atoms with van der Waals surface area (Å²) in [6.45, 7) is 5.98. The van der Waals surface area contributed by atoms with Gasteiger partial charge >= 0.3 is 5.97 Å². The highest BCUT2D eigenvalue weighted by Crippen LogP contribution is 2.32. The van der Waals surface area contributed by atoms with Gasteiger partial charge in [0, 0.05) is 12.0 Å². The highest BCUT2D eigenvalue weighted by molar-refractivity contribution is 5.97. The van der Waals surface area contributed by atoms with E-state index in [0.717, 1.165) is 29.7 Å². The number of carboxylic acid groups (broad SMARTS) is 1. The second-order valence-electron chi connectivity index (χ2n) is 8.16. The Morgan fingerprint density at radius 2 is 1.47 bits per heavy atom. The lowest BCUT2D eigenvalue weighted by molar-refractivity contribution is -0.158. The van der Waals surface area contributed by atoms with E-state index in [0.29, 0.717) is 17.9 Å². The van der Waals surface area contributed by atoms with E-state index in [2.05, 4.69) is 17.4 Å². The predicted octanol–water partition coefficient (Wildman–Crippen LogP) is 5.31. The third kappa shape index (κ3) is 5.95. The standard InChI is InChI=1S/C28H31NO5/c1-4-28(27(31)32,29-26(30)23-15-9-6-10-16-23)34-25-18-17-24(20(2)21(25)3)33-19-11-14-22-12-7-5-8-13-22/h5-10,12-13,15-18H,4,11,14,19H2,1-3H3,(H,29,30)(H,31,32). The van der Waals surface area contributed by atoms with Gasteiger partial charge in [-0.25, -0.2) is 4.79 Å². The Morgan fingerprint density at radius 3 is 2.09 bits per heavy atom. The van der Waals surface area contributed by atoms with Crippen LogP contribution in [0.4, 0.5) is 0 Å². The van der Waals surface area contributed by atoms with E-state index in [1.54, 1.807) is 49.4 Å². The number of benzene rings is 3. The largest absolute Gasteiger partial charge is 0.493 e. The molecule has 1 unspecified atom stereocenters. The maximum absolute atomic E-state index is 12.7. The second-order valence-corrected chi connectivity index (χ2v) is 8.16. The number of amides is 1. The zero-order valence-electron chi connectivity index (χ0n) is 19.8. The van der Waals surface area contributed by atoms with E-state index >= 15 is 0 Å². The second kappa shape index (κ2) is 11.4. The van der Waals surface area contributed by atoms with Crippen LogP contribution in [0.2, 0.25) is 0 Å². The van der Waals surface area contributed by atoms with E-state index in [1.807, 2.05) is 32.0 Å². The average molecular weight is 462 g/mol. The molecular weight excluding hydrogens is 430 g/mol. The van der Waals surface area contributed by atoms with E-state index in [9.17, 15) is 14.7 Å². The lowest BCUT2D eigenvalue weighted by Crippen LogP contribution is -2.58. The fraction of sp³-hybridized carbons (Fsp3) is 0.286. The summed E-state index contributed by atoms with van der Waals surface area (Å²) < 4.78 is 11.9. The fourth-order valence-corrected chi connectivity index (χ4v) is 3.61. The van der Waals surface area contributed by atoms with Crippen LogP contribution in [0.5, 0.6) is 11.5 Å². The SMILES string of the molecule is CCC(NC(=O)c1ccccc1)(Oc1ccc(OCCCc2ccccc2)c(C)c1C)C(=O)O. The van der Waals surface area contributed by atoms with Crippen LogP contribution in [0.1, 0.15) is 46.8 Å². The van der Waals surface area contributed by atoms with Crippen LogP contribution < -0.4 is 14.8 Å². The maximum Gasteiger partial charge on any atom is 0.370 e. The molecule has 0 saturated carbocycles. The minimum absolute atomic E-state index is 0.0388. The third-order valence-electron chi connectivity index (χ3n) is 5.88. The molecule has 0 aliphatic heterocycles. The normalized spacial score (nSPS) is 12.4. The predicted molar refractivity (Wildman–Crippen MR) is 131 cm³/mol. The third-order valence-corrected chi connectivity index (χ3v) is 5.88. The number of carbonyl (C=O) groups is 2. The van der Waals surface area contributed by atoms with Crippen molar-refractivity contribution in [3.05, 3.63) is 95.1 Å². The molecule has 0 fully saturated rings. The van der Waals surface area contributed by atoms with E-state index in [4.69, 9.17) is 9.47 Å². The molecule has 1 atom stereocenters. The van der Waals surface area contributed by atoms with Gasteiger partial charge in [-0.2, -0.15) is 0 Å². The number of aliphatic carboxylic acids is 1. The number of nitrogens with one attached hydrogen (secondary N) is 1. The first-order chi connectivity index (χ1) is 16.4. The van der Waals surface area contributed by atoms with Gasteiger partial charge in [-0.3, -0.25) is 4.79 Å². The van der Waals surface area contributed by atoms with Crippen molar-refractivity contribution in [1.29, 1.82) is 0 Å². The van der Waals surface area contributed by atoms with Crippen LogP contribution in [-0.4, -0.2) is 29.3 Å². The van der Waals surface area contributed by atoms with Gasteiger partial charge < -0.3 is 19.9 Å². The highest BCUT2D eigenvalue weighted by Gasteiger charge is 2.42. The van der Waals surface area contributed by atoms with Crippen LogP contribution in [0.3, 0.4) is 0 Å². The van der Waals surface area contributed by atoms with Crippen LogP contribution in [0.15, 0.2) is 72.8 Å². The van der Waals surface area contributed by atoms with Crippen molar-refractivity contribution >= 4 is 11.9 Å². The molecule has 34 heavy (non-hydrogen) atoms. The molecule has 0 aromatic heterocycles. The molecule has 178 valence electrons. The Balaban J connectivity index is 1.71. The summed E-state index contributed by atoms with van der Waals surface area (Å²) in [6, 6.07) is 22.2. The Kier molecular flexibility index (Phi) is 8.30. The van der Waals surface area contributed by atoms with Crippen LogP contribution in [-0.2, 0) is 11.2 Å². The number of hydrogen-bond donors (Lipinski definition) is 2. The van der Waals surface area contributed by atoms with E-state index in [1.165, 1.54) is 5.56 Å². The van der Waals surface area contributed by atoms with Crippen LogP contribution in [0, 0.1) is 13.8 Å². The zero-order chi connectivity index (χ0) is 24.6. The molecule has 3 aromatic carbocycles. The molecule has 0 heterocycles. The Morgan fingerprint density at radius 1 is 0.882 bits per heavy atom. The topological polar surface area (TPSA) is 84.9 Å². The number of rotatable bonds is 11. The molecule has 3 rings (SSSR count). The lowest BCUT2D eigenvalue weighted by atomic mass is 10.1. The van der Waals surface area contributed by atoms with Crippen molar-refractivity contribution in [3.63, 3.8) is 0 Å². The van der Waals surface area contributed by atoms with Gasteiger partial charge in [-0.05, 0) is 67.6 Å². The molecule has 6 heteroatoms. The summed E-state index contributed by atoms with van der Waals surface area (Å²) in [5.41, 5.74) is 1.35. The number of hydrogen-bond acceptors (Lipinski definition) is 4. The van der Waals surface area contributed by atoms with Crippen LogP contribution >= 0.6 is 0 Å². The zero-order valence-corrected chi connectivity index (χ0v) is 19.8. The molecule has 0 saturated heterocycles. The number of aryl methyl sites for hydroxylation is 1. The molecule has 1 amide bonds. The quantitative estimate of drug-likeness (QED) is 0.298. The molecule has 0 bridgehead atoms. The monoisotopic (exact) mass is 461 g/mol. The smallest absolute Gasteiger partial charge is 0.370 e. The van der Waals surface area contributed by atoms with Crippen molar-refractivity contribution in [2.24, 2.45) is 0 Å². The number of ether oxygens (including phenoxy) is 2. The molecule has 2 N–H and O–H groups in total. The highest BCUT2D eigenvalue weighted by atomic mass is 16.5. The van der Waals surface area contributed by atoms with E-state index in [-0.39, 0.29) is 6.42 Å². The van der Waals surface area contributed by atoms with Gasteiger partial charge in [-0.1, -0.05) is 55.5 Å². The van der Waals surface area contributed by atoms with Crippen molar-refractivity contribution in [2.45, 2.75) is 45.8 Å². The molecular formula is C28H31NO5. The van der Waals surface area contributed by atoms with Gasteiger partial charge in [0.25, 0.3) is 11.6 Å². The van der Waals surface area contributed by atoms with Crippen molar-refractivity contribution < 1.29 is 24.2 Å². The molecule has 6 nitrogen and oxygen atoms in total. The summed E-state index contributed by atoms with van der Waals surface area (Å²) in [7, 11) is 0. The van der Waals surface area contributed by atoms with E-state index < -0.39 is 17.6 Å². The number of carbonyl (C=O) groups excluding carboxylic acids is 1. The van der Waals surface area contributed by atoms with Gasteiger partial charge in [0.1, 0.15) is 11.5 Å². The summed E-state index contributed by atoms with van der Waals surface area (Å²) >= 11 is 0. The number of carboxylic acids is 1. The van der Waals surface area contributed by atoms with Gasteiger partial charge in [0.05, 0.1) is 6.61 Å². The minimum atomic E-state index is -1.90. The maximum atomic E-state index is 12.7.